The molecule has 0 saturated heterocycles. The number of aromatic amines is 1. The van der Waals surface area contributed by atoms with Gasteiger partial charge in [-0.1, -0.05) is 59.6 Å². The summed E-state index contributed by atoms with van der Waals surface area (Å²) >= 11 is 6.27. The van der Waals surface area contributed by atoms with Gasteiger partial charge in [-0.2, -0.15) is 0 Å². The minimum Gasteiger partial charge on any atom is -0.359 e. The van der Waals surface area contributed by atoms with Crippen LogP contribution in [0.3, 0.4) is 0 Å². The summed E-state index contributed by atoms with van der Waals surface area (Å²) in [6.07, 6.45) is 7.56. The SMILES string of the molecule is Cc1ccc(CCCC(=O)N2CC=C(c3c[nH]c4c(Cl)cccc34)CC2)cc1. The van der Waals surface area contributed by atoms with Crippen LogP contribution in [0.2, 0.25) is 5.02 Å². The summed E-state index contributed by atoms with van der Waals surface area (Å²) in [6.45, 7) is 3.56. The Morgan fingerprint density at radius 1 is 1.18 bits per heavy atom. The Bertz CT molecular complexity index is 1020. The van der Waals surface area contributed by atoms with E-state index in [1.165, 1.54) is 22.3 Å². The number of H-pyrrole nitrogens is 1. The predicted octanol–water partition coefficient (Wildman–Crippen LogP) is 5.77. The second-order valence-corrected chi connectivity index (χ2v) is 7.93. The number of carbonyl (C=O) groups excluding carboxylic acids is 1. The third kappa shape index (κ3) is 4.00. The minimum absolute atomic E-state index is 0.254. The van der Waals surface area contributed by atoms with Gasteiger partial charge in [0.1, 0.15) is 0 Å². The standard InChI is InChI=1S/C24H25ClN2O/c1-17-8-10-18(11-9-17)4-2-7-23(28)27-14-12-19(13-15-27)21-16-26-24-20(21)5-3-6-22(24)25/h3,5-6,8-12,16,26H,2,4,7,13-15H2,1H3. The number of halogens is 1. The first-order valence-corrected chi connectivity index (χ1v) is 10.3. The van der Waals surface area contributed by atoms with E-state index in [9.17, 15) is 4.79 Å². The molecule has 1 N–H and O–H groups in total. The van der Waals surface area contributed by atoms with Crippen LogP contribution in [0.4, 0.5) is 0 Å². The van der Waals surface area contributed by atoms with E-state index in [2.05, 4.69) is 48.3 Å². The van der Waals surface area contributed by atoms with Crippen molar-refractivity contribution in [3.63, 3.8) is 0 Å². The van der Waals surface area contributed by atoms with Crippen molar-refractivity contribution in [2.45, 2.75) is 32.6 Å². The van der Waals surface area contributed by atoms with Crippen LogP contribution in [0.15, 0.2) is 54.7 Å². The molecule has 0 radical (unpaired) electrons. The summed E-state index contributed by atoms with van der Waals surface area (Å²) in [6, 6.07) is 14.5. The fourth-order valence-corrected chi connectivity index (χ4v) is 4.11. The molecule has 1 aromatic heterocycles. The molecule has 1 amide bonds. The molecule has 0 atom stereocenters. The molecule has 0 spiro atoms. The van der Waals surface area contributed by atoms with E-state index in [0.29, 0.717) is 13.0 Å². The molecular formula is C24H25ClN2O. The Hall–Kier alpha value is -2.52. The molecule has 1 aliphatic heterocycles. The number of para-hydroxylation sites is 1. The van der Waals surface area contributed by atoms with Gasteiger partial charge in [-0.15, -0.1) is 0 Å². The topological polar surface area (TPSA) is 36.1 Å². The number of nitrogens with zero attached hydrogens (tertiary/aromatic N) is 1. The average Bonchev–Trinajstić information content (AvgIpc) is 3.15. The van der Waals surface area contributed by atoms with Gasteiger partial charge in [0.25, 0.3) is 0 Å². The number of rotatable bonds is 5. The van der Waals surface area contributed by atoms with Crippen molar-refractivity contribution in [2.75, 3.05) is 13.1 Å². The molecular weight excluding hydrogens is 368 g/mol. The van der Waals surface area contributed by atoms with Crippen molar-refractivity contribution in [2.24, 2.45) is 0 Å². The molecule has 4 rings (SSSR count). The largest absolute Gasteiger partial charge is 0.359 e. The van der Waals surface area contributed by atoms with E-state index in [0.717, 1.165) is 41.7 Å². The van der Waals surface area contributed by atoms with Crippen LogP contribution in [0.5, 0.6) is 0 Å². The summed E-state index contributed by atoms with van der Waals surface area (Å²) in [5.41, 5.74) is 6.04. The molecule has 4 heteroatoms. The molecule has 0 bridgehead atoms. The fourth-order valence-electron chi connectivity index (χ4n) is 3.88. The zero-order chi connectivity index (χ0) is 19.5. The Kier molecular flexibility index (Phi) is 5.54. The molecule has 2 aromatic carbocycles. The highest BCUT2D eigenvalue weighted by atomic mass is 35.5. The average molecular weight is 393 g/mol. The quantitative estimate of drug-likeness (QED) is 0.588. The van der Waals surface area contributed by atoms with E-state index >= 15 is 0 Å². The molecule has 3 nitrogen and oxygen atoms in total. The van der Waals surface area contributed by atoms with Gasteiger partial charge in [0.05, 0.1) is 10.5 Å². The predicted molar refractivity (Wildman–Crippen MR) is 117 cm³/mol. The van der Waals surface area contributed by atoms with Gasteiger partial charge in [0, 0.05) is 36.7 Å². The second-order valence-electron chi connectivity index (χ2n) is 7.52. The van der Waals surface area contributed by atoms with Crippen molar-refractivity contribution in [1.82, 2.24) is 9.88 Å². The number of aromatic nitrogens is 1. The van der Waals surface area contributed by atoms with Gasteiger partial charge in [0.2, 0.25) is 5.91 Å². The first-order chi connectivity index (χ1) is 13.6. The second kappa shape index (κ2) is 8.24. The van der Waals surface area contributed by atoms with Gasteiger partial charge in [-0.25, -0.2) is 0 Å². The first kappa shape index (κ1) is 18.8. The van der Waals surface area contributed by atoms with E-state index < -0.39 is 0 Å². The van der Waals surface area contributed by atoms with E-state index in [1.807, 2.05) is 23.2 Å². The van der Waals surface area contributed by atoms with Crippen molar-refractivity contribution in [1.29, 1.82) is 0 Å². The van der Waals surface area contributed by atoms with Crippen molar-refractivity contribution >= 4 is 34.0 Å². The maximum absolute atomic E-state index is 12.6. The number of aryl methyl sites for hydroxylation is 2. The third-order valence-corrected chi connectivity index (χ3v) is 5.86. The molecule has 28 heavy (non-hydrogen) atoms. The van der Waals surface area contributed by atoms with Gasteiger partial charge < -0.3 is 9.88 Å². The van der Waals surface area contributed by atoms with Crippen molar-refractivity contribution in [3.8, 4) is 0 Å². The lowest BCUT2D eigenvalue weighted by molar-refractivity contribution is -0.130. The number of amides is 1. The Morgan fingerprint density at radius 3 is 2.75 bits per heavy atom. The van der Waals surface area contributed by atoms with Crippen LogP contribution in [-0.2, 0) is 11.2 Å². The molecule has 0 fully saturated rings. The number of nitrogens with one attached hydrogen (secondary N) is 1. The Morgan fingerprint density at radius 2 is 2.00 bits per heavy atom. The molecule has 0 aliphatic carbocycles. The van der Waals surface area contributed by atoms with Crippen LogP contribution in [-0.4, -0.2) is 28.9 Å². The maximum Gasteiger partial charge on any atom is 0.222 e. The summed E-state index contributed by atoms with van der Waals surface area (Å²) in [5, 5.41) is 1.89. The molecule has 0 unspecified atom stereocenters. The maximum atomic E-state index is 12.6. The number of hydrogen-bond donors (Lipinski definition) is 1. The number of benzene rings is 2. The Labute approximate surface area is 171 Å². The van der Waals surface area contributed by atoms with E-state index in [1.54, 1.807) is 0 Å². The lowest BCUT2D eigenvalue weighted by atomic mass is 9.98. The van der Waals surface area contributed by atoms with Crippen LogP contribution in [0, 0.1) is 6.92 Å². The number of carbonyl (C=O) groups is 1. The van der Waals surface area contributed by atoms with Crippen LogP contribution < -0.4 is 0 Å². The van der Waals surface area contributed by atoms with Crippen LogP contribution in [0.1, 0.15) is 36.0 Å². The first-order valence-electron chi connectivity index (χ1n) is 9.90. The summed E-state index contributed by atoms with van der Waals surface area (Å²) < 4.78 is 0. The lowest BCUT2D eigenvalue weighted by Crippen LogP contribution is -2.34. The third-order valence-electron chi connectivity index (χ3n) is 5.55. The molecule has 144 valence electrons. The number of hydrogen-bond acceptors (Lipinski definition) is 1. The van der Waals surface area contributed by atoms with E-state index in [-0.39, 0.29) is 5.91 Å². The monoisotopic (exact) mass is 392 g/mol. The van der Waals surface area contributed by atoms with Crippen molar-refractivity contribution in [3.05, 3.63) is 76.5 Å². The fraction of sp³-hybridized carbons (Fsp3) is 0.292. The van der Waals surface area contributed by atoms with Gasteiger partial charge in [-0.05, 0) is 43.4 Å². The van der Waals surface area contributed by atoms with Gasteiger partial charge >= 0.3 is 0 Å². The number of fused-ring (bicyclic) bond motifs is 1. The van der Waals surface area contributed by atoms with Gasteiger partial charge in [0.15, 0.2) is 0 Å². The van der Waals surface area contributed by atoms with E-state index in [4.69, 9.17) is 11.6 Å². The Balaban J connectivity index is 1.34. The normalized spacial score (nSPS) is 14.4. The smallest absolute Gasteiger partial charge is 0.222 e. The highest BCUT2D eigenvalue weighted by molar-refractivity contribution is 6.35. The highest BCUT2D eigenvalue weighted by Crippen LogP contribution is 2.32. The minimum atomic E-state index is 0.254. The highest BCUT2D eigenvalue weighted by Gasteiger charge is 2.19. The molecule has 2 heterocycles. The van der Waals surface area contributed by atoms with Crippen LogP contribution >= 0.6 is 11.6 Å². The van der Waals surface area contributed by atoms with Crippen molar-refractivity contribution < 1.29 is 4.79 Å². The van der Waals surface area contributed by atoms with Gasteiger partial charge in [-0.3, -0.25) is 4.79 Å². The summed E-state index contributed by atoms with van der Waals surface area (Å²) in [7, 11) is 0. The molecule has 0 saturated carbocycles. The zero-order valence-electron chi connectivity index (χ0n) is 16.2. The van der Waals surface area contributed by atoms with Crippen LogP contribution in [0.25, 0.3) is 16.5 Å². The summed E-state index contributed by atoms with van der Waals surface area (Å²) in [4.78, 5) is 17.8. The summed E-state index contributed by atoms with van der Waals surface area (Å²) in [5.74, 6) is 0.254. The zero-order valence-corrected chi connectivity index (χ0v) is 16.9. The molecule has 1 aliphatic rings. The molecule has 3 aromatic rings. The lowest BCUT2D eigenvalue weighted by Gasteiger charge is -2.26.